The van der Waals surface area contributed by atoms with Gasteiger partial charge in [-0.2, -0.15) is 0 Å². The summed E-state index contributed by atoms with van der Waals surface area (Å²) < 4.78 is 6.18. The van der Waals surface area contributed by atoms with Gasteiger partial charge in [-0.3, -0.25) is 9.59 Å². The summed E-state index contributed by atoms with van der Waals surface area (Å²) in [6.07, 6.45) is 0. The van der Waals surface area contributed by atoms with Crippen molar-refractivity contribution in [2.75, 3.05) is 5.32 Å². The number of anilines is 1. The van der Waals surface area contributed by atoms with Crippen molar-refractivity contribution in [3.8, 4) is 0 Å². The zero-order chi connectivity index (χ0) is 14.2. The number of carbonyl (C=O) groups excluding carboxylic acids is 2. The molecule has 1 aromatic heterocycles. The normalized spacial score (nSPS) is 12.4. The Morgan fingerprint density at radius 2 is 2.11 bits per heavy atom. The predicted molar refractivity (Wildman–Crippen MR) is 79.5 cm³/mol. The Morgan fingerprint density at radius 3 is 2.68 bits per heavy atom. The summed E-state index contributed by atoms with van der Waals surface area (Å²) in [6.45, 7) is 1.68. The van der Waals surface area contributed by atoms with Gasteiger partial charge in [0.05, 0.1) is 4.83 Å². The van der Waals surface area contributed by atoms with E-state index in [-0.39, 0.29) is 11.7 Å². The minimum atomic E-state index is -0.732. The van der Waals surface area contributed by atoms with E-state index in [2.05, 4.69) is 37.2 Å². The van der Waals surface area contributed by atoms with E-state index in [1.165, 1.54) is 0 Å². The number of benzene rings is 1. The van der Waals surface area contributed by atoms with Crippen molar-refractivity contribution in [3.63, 3.8) is 0 Å². The number of alkyl halides is 1. The molecule has 1 heterocycles. The Bertz CT molecular complexity index is 664. The zero-order valence-electron chi connectivity index (χ0n) is 9.87. The summed E-state index contributed by atoms with van der Waals surface area (Å²) in [5, 5.41) is 3.26. The molecule has 0 saturated heterocycles. The number of nitrogens with one attached hydrogen (secondary N) is 1. The van der Waals surface area contributed by atoms with E-state index in [0.29, 0.717) is 16.7 Å². The molecule has 1 unspecified atom stereocenters. The number of halogens is 2. The number of hydrogen-bond acceptors (Lipinski definition) is 3. The van der Waals surface area contributed by atoms with Crippen LogP contribution in [0.15, 0.2) is 27.1 Å². The fraction of sp³-hybridized carbons (Fsp3) is 0.167. The van der Waals surface area contributed by atoms with Crippen LogP contribution in [0.4, 0.5) is 5.69 Å². The SMILES string of the molecule is CC(Br)C(=O)Nc1c(C(N)=O)oc2ccc(Br)cc12. The van der Waals surface area contributed by atoms with Crippen LogP contribution in [0.2, 0.25) is 0 Å². The summed E-state index contributed by atoms with van der Waals surface area (Å²) in [6, 6.07) is 5.22. The lowest BCUT2D eigenvalue weighted by atomic mass is 10.2. The highest BCUT2D eigenvalue weighted by Crippen LogP contribution is 2.33. The molecule has 100 valence electrons. The topological polar surface area (TPSA) is 85.3 Å². The van der Waals surface area contributed by atoms with Gasteiger partial charge < -0.3 is 15.5 Å². The molecule has 2 rings (SSSR count). The van der Waals surface area contributed by atoms with Gasteiger partial charge in [0.2, 0.25) is 11.7 Å². The van der Waals surface area contributed by atoms with Gasteiger partial charge in [-0.1, -0.05) is 31.9 Å². The van der Waals surface area contributed by atoms with E-state index in [9.17, 15) is 9.59 Å². The maximum absolute atomic E-state index is 11.8. The van der Waals surface area contributed by atoms with E-state index < -0.39 is 10.7 Å². The van der Waals surface area contributed by atoms with Gasteiger partial charge in [-0.25, -0.2) is 0 Å². The Labute approximate surface area is 125 Å². The highest BCUT2D eigenvalue weighted by atomic mass is 79.9. The molecule has 0 radical (unpaired) electrons. The number of primary amides is 1. The van der Waals surface area contributed by atoms with Gasteiger partial charge in [0.25, 0.3) is 5.91 Å². The number of nitrogens with two attached hydrogens (primary N) is 1. The van der Waals surface area contributed by atoms with Crippen molar-refractivity contribution in [2.24, 2.45) is 5.73 Å². The zero-order valence-corrected chi connectivity index (χ0v) is 13.0. The minimum absolute atomic E-state index is 0.0606. The molecule has 0 aliphatic carbocycles. The second-order valence-electron chi connectivity index (χ2n) is 3.92. The first-order chi connectivity index (χ1) is 8.90. The van der Waals surface area contributed by atoms with Crippen LogP contribution >= 0.6 is 31.9 Å². The second kappa shape index (κ2) is 5.34. The summed E-state index contributed by atoms with van der Waals surface area (Å²) >= 11 is 6.49. The number of rotatable bonds is 3. The van der Waals surface area contributed by atoms with Crippen LogP contribution in [-0.2, 0) is 4.79 Å². The van der Waals surface area contributed by atoms with Gasteiger partial charge in [0.1, 0.15) is 11.3 Å². The van der Waals surface area contributed by atoms with Crippen molar-refractivity contribution in [3.05, 3.63) is 28.4 Å². The first kappa shape index (κ1) is 14.1. The smallest absolute Gasteiger partial charge is 0.286 e. The third-order valence-electron chi connectivity index (χ3n) is 2.48. The summed E-state index contributed by atoms with van der Waals surface area (Å²) in [7, 11) is 0. The van der Waals surface area contributed by atoms with Crippen LogP contribution in [0.5, 0.6) is 0 Å². The molecule has 1 atom stereocenters. The van der Waals surface area contributed by atoms with Gasteiger partial charge >= 0.3 is 0 Å². The van der Waals surface area contributed by atoms with E-state index in [1.807, 2.05) is 0 Å². The summed E-state index contributed by atoms with van der Waals surface area (Å²) in [5.74, 6) is -1.08. The maximum Gasteiger partial charge on any atom is 0.286 e. The molecular weight excluding hydrogens is 380 g/mol. The molecule has 2 aromatic rings. The maximum atomic E-state index is 11.8. The first-order valence-corrected chi connectivity index (χ1v) is 7.08. The molecular formula is C12H10Br2N2O3. The first-order valence-electron chi connectivity index (χ1n) is 5.37. The fourth-order valence-corrected chi connectivity index (χ4v) is 2.07. The summed E-state index contributed by atoms with van der Waals surface area (Å²) in [5.41, 5.74) is 6.03. The standard InChI is InChI=1S/C12H10Br2N2O3/c1-5(13)12(18)16-9-7-4-6(14)2-3-8(7)19-10(9)11(15)17/h2-5H,1H3,(H2,15,17)(H,16,18). The van der Waals surface area contributed by atoms with Crippen molar-refractivity contribution in [1.82, 2.24) is 0 Å². The quantitative estimate of drug-likeness (QED) is 0.791. The van der Waals surface area contributed by atoms with Gasteiger partial charge in [0, 0.05) is 9.86 Å². The molecule has 0 bridgehead atoms. The van der Waals surface area contributed by atoms with Crippen LogP contribution in [0.25, 0.3) is 11.0 Å². The van der Waals surface area contributed by atoms with Crippen molar-refractivity contribution in [1.29, 1.82) is 0 Å². The van der Waals surface area contributed by atoms with Crippen LogP contribution in [0.3, 0.4) is 0 Å². The molecule has 0 saturated carbocycles. The lowest BCUT2D eigenvalue weighted by molar-refractivity contribution is -0.115. The number of amides is 2. The average molecular weight is 390 g/mol. The van der Waals surface area contributed by atoms with Crippen LogP contribution in [0, 0.1) is 0 Å². The third kappa shape index (κ3) is 2.82. The molecule has 7 heteroatoms. The molecule has 3 N–H and O–H groups in total. The number of carbonyl (C=O) groups is 2. The molecule has 5 nitrogen and oxygen atoms in total. The largest absolute Gasteiger partial charge is 0.449 e. The second-order valence-corrected chi connectivity index (χ2v) is 6.21. The monoisotopic (exact) mass is 388 g/mol. The molecule has 0 fully saturated rings. The number of fused-ring (bicyclic) bond motifs is 1. The van der Waals surface area contributed by atoms with E-state index in [4.69, 9.17) is 10.2 Å². The Hall–Kier alpha value is -1.34. The van der Waals surface area contributed by atoms with Gasteiger partial charge in [-0.05, 0) is 25.1 Å². The average Bonchev–Trinajstić information content (AvgIpc) is 2.67. The van der Waals surface area contributed by atoms with Crippen LogP contribution in [-0.4, -0.2) is 16.6 Å². The minimum Gasteiger partial charge on any atom is -0.449 e. The fourth-order valence-electron chi connectivity index (χ4n) is 1.59. The Kier molecular flexibility index (Phi) is 3.96. The number of hydrogen-bond donors (Lipinski definition) is 2. The molecule has 0 spiro atoms. The molecule has 0 aliphatic rings. The van der Waals surface area contributed by atoms with Gasteiger partial charge in [-0.15, -0.1) is 0 Å². The highest BCUT2D eigenvalue weighted by Gasteiger charge is 2.21. The van der Waals surface area contributed by atoms with Crippen LogP contribution in [0.1, 0.15) is 17.5 Å². The Balaban J connectivity index is 2.60. The lowest BCUT2D eigenvalue weighted by Crippen LogP contribution is -2.22. The van der Waals surface area contributed by atoms with E-state index >= 15 is 0 Å². The molecule has 0 aliphatic heterocycles. The van der Waals surface area contributed by atoms with E-state index in [0.717, 1.165) is 4.47 Å². The molecule has 2 amide bonds. The molecule has 19 heavy (non-hydrogen) atoms. The molecule has 1 aromatic carbocycles. The Morgan fingerprint density at radius 1 is 1.42 bits per heavy atom. The van der Waals surface area contributed by atoms with Gasteiger partial charge in [0.15, 0.2) is 0 Å². The van der Waals surface area contributed by atoms with Crippen molar-refractivity contribution in [2.45, 2.75) is 11.8 Å². The number of furan rings is 1. The van der Waals surface area contributed by atoms with Crippen LogP contribution < -0.4 is 11.1 Å². The third-order valence-corrected chi connectivity index (χ3v) is 3.39. The van der Waals surface area contributed by atoms with Crippen molar-refractivity contribution < 1.29 is 14.0 Å². The summed E-state index contributed by atoms with van der Waals surface area (Å²) in [4.78, 5) is 22.7. The van der Waals surface area contributed by atoms with E-state index in [1.54, 1.807) is 25.1 Å². The highest BCUT2D eigenvalue weighted by molar-refractivity contribution is 9.10. The lowest BCUT2D eigenvalue weighted by Gasteiger charge is -2.06. The van der Waals surface area contributed by atoms with Crippen molar-refractivity contribution >= 4 is 60.3 Å². The predicted octanol–water partition coefficient (Wildman–Crippen LogP) is 3.02.